The van der Waals surface area contributed by atoms with E-state index in [9.17, 15) is 13.6 Å². The van der Waals surface area contributed by atoms with Crippen molar-refractivity contribution >= 4 is 10.8 Å². The highest BCUT2D eigenvalue weighted by Crippen LogP contribution is 2.40. The van der Waals surface area contributed by atoms with Crippen LogP contribution in [0.5, 0.6) is 0 Å². The molecule has 0 radical (unpaired) electrons. The molecule has 0 amide bonds. The third kappa shape index (κ3) is 3.72. The molecule has 1 aliphatic carbocycles. The Morgan fingerprint density at radius 1 is 1.09 bits per heavy atom. The van der Waals surface area contributed by atoms with E-state index < -0.39 is 11.6 Å². The number of fused-ring (bicyclic) bond motifs is 1. The van der Waals surface area contributed by atoms with Gasteiger partial charge in [-0.25, -0.2) is 8.78 Å². The summed E-state index contributed by atoms with van der Waals surface area (Å²) < 4.78 is 37.9. The highest BCUT2D eigenvalue weighted by atomic mass is 19.1. The van der Waals surface area contributed by atoms with Crippen molar-refractivity contribution in [3.63, 3.8) is 0 Å². The van der Waals surface area contributed by atoms with E-state index in [1.165, 1.54) is 16.7 Å². The van der Waals surface area contributed by atoms with E-state index in [0.29, 0.717) is 35.5 Å². The fraction of sp³-hybridized carbons (Fsp3) is 0.346. The van der Waals surface area contributed by atoms with Crippen LogP contribution in [0.2, 0.25) is 0 Å². The zero-order valence-electron chi connectivity index (χ0n) is 18.7. The lowest BCUT2D eigenvalue weighted by molar-refractivity contribution is 0.00463. The fourth-order valence-electron chi connectivity index (χ4n) is 4.82. The van der Waals surface area contributed by atoms with Gasteiger partial charge in [-0.2, -0.15) is 5.10 Å². The second kappa shape index (κ2) is 8.13. The second-order valence-electron chi connectivity index (χ2n) is 9.28. The fourth-order valence-corrected chi connectivity index (χ4v) is 4.82. The summed E-state index contributed by atoms with van der Waals surface area (Å²) in [5.41, 5.74) is 2.11. The van der Waals surface area contributed by atoms with Gasteiger partial charge in [0.2, 0.25) is 0 Å². The number of aryl methyl sites for hydroxylation is 1. The van der Waals surface area contributed by atoms with Crippen LogP contribution in [0.3, 0.4) is 0 Å². The quantitative estimate of drug-likeness (QED) is 0.426. The Morgan fingerprint density at radius 2 is 1.94 bits per heavy atom. The van der Waals surface area contributed by atoms with Crippen molar-refractivity contribution < 1.29 is 13.5 Å². The van der Waals surface area contributed by atoms with Gasteiger partial charge in [-0.3, -0.25) is 14.5 Å². The average molecular weight is 463 g/mol. The first-order valence-electron chi connectivity index (χ1n) is 11.6. The standard InChI is InChI=1S/C26H24F2N4O2/c1-31-8-6-19-21(26(31)33)12-23(30-25(19)20-5-2-17(27)11-22(20)28)15-7-9-34-24(10-15)16-13-29-32(14-16)18-3-4-18/h2,5-6,8,11-15,18,24H,3-4,7,9-10H2,1H3/t15-,24+/m1/s1. The molecule has 3 aromatic heterocycles. The van der Waals surface area contributed by atoms with Crippen LogP contribution in [0.4, 0.5) is 8.78 Å². The summed E-state index contributed by atoms with van der Waals surface area (Å²) in [7, 11) is 1.68. The van der Waals surface area contributed by atoms with Crippen LogP contribution in [0, 0.1) is 11.6 Å². The van der Waals surface area contributed by atoms with Gasteiger partial charge in [-0.05, 0) is 49.9 Å². The van der Waals surface area contributed by atoms with E-state index in [4.69, 9.17) is 9.72 Å². The maximum absolute atomic E-state index is 14.8. The van der Waals surface area contributed by atoms with E-state index in [2.05, 4.69) is 11.3 Å². The molecule has 6 rings (SSSR count). The number of hydrogen-bond donors (Lipinski definition) is 0. The number of nitrogens with zero attached hydrogens (tertiary/aromatic N) is 4. The largest absolute Gasteiger partial charge is 0.373 e. The summed E-state index contributed by atoms with van der Waals surface area (Å²) in [5, 5.41) is 5.51. The minimum Gasteiger partial charge on any atom is -0.373 e. The molecule has 1 saturated carbocycles. The number of rotatable bonds is 4. The van der Waals surface area contributed by atoms with Crippen LogP contribution in [0.15, 0.2) is 53.7 Å². The SMILES string of the molecule is Cn1ccc2c(-c3ccc(F)cc3F)nc([C@@H]3CCO[C@H](c4cnn(C5CC5)c4)C3)cc2c1=O. The maximum atomic E-state index is 14.8. The van der Waals surface area contributed by atoms with E-state index in [-0.39, 0.29) is 23.1 Å². The van der Waals surface area contributed by atoms with E-state index in [1.54, 1.807) is 19.3 Å². The van der Waals surface area contributed by atoms with Crippen LogP contribution in [-0.4, -0.2) is 25.9 Å². The van der Waals surface area contributed by atoms with Crippen molar-refractivity contribution in [1.82, 2.24) is 19.3 Å². The molecule has 8 heteroatoms. The van der Waals surface area contributed by atoms with Gasteiger partial charge in [0.25, 0.3) is 5.56 Å². The Bertz CT molecular complexity index is 1460. The minimum absolute atomic E-state index is 0.0274. The molecule has 0 N–H and O–H groups in total. The van der Waals surface area contributed by atoms with Gasteiger partial charge in [0.05, 0.1) is 29.4 Å². The number of pyridine rings is 2. The normalized spacial score (nSPS) is 20.7. The summed E-state index contributed by atoms with van der Waals surface area (Å²) >= 11 is 0. The summed E-state index contributed by atoms with van der Waals surface area (Å²) in [6, 6.07) is 7.51. The predicted octanol–water partition coefficient (Wildman–Crippen LogP) is 5.05. The smallest absolute Gasteiger partial charge is 0.258 e. The van der Waals surface area contributed by atoms with E-state index in [0.717, 1.165) is 36.6 Å². The lowest BCUT2D eigenvalue weighted by Gasteiger charge is -2.29. The molecule has 2 atom stereocenters. The van der Waals surface area contributed by atoms with E-state index in [1.807, 2.05) is 16.9 Å². The van der Waals surface area contributed by atoms with Crippen molar-refractivity contribution in [2.45, 2.75) is 43.7 Å². The number of ether oxygens (including phenoxy) is 1. The Balaban J connectivity index is 1.43. The molecular formula is C26H24F2N4O2. The highest BCUT2D eigenvalue weighted by Gasteiger charge is 2.30. The molecule has 4 heterocycles. The van der Waals surface area contributed by atoms with Gasteiger partial charge >= 0.3 is 0 Å². The monoisotopic (exact) mass is 462 g/mol. The molecule has 1 saturated heterocycles. The van der Waals surface area contributed by atoms with Crippen LogP contribution in [-0.2, 0) is 11.8 Å². The average Bonchev–Trinajstić information content (AvgIpc) is 3.57. The summed E-state index contributed by atoms with van der Waals surface area (Å²) in [6.07, 6.45) is 9.20. The molecular weight excluding hydrogens is 438 g/mol. The molecule has 2 aliphatic rings. The van der Waals surface area contributed by atoms with Crippen molar-refractivity contribution in [3.05, 3.63) is 82.2 Å². The highest BCUT2D eigenvalue weighted by molar-refractivity contribution is 5.94. The molecule has 2 fully saturated rings. The summed E-state index contributed by atoms with van der Waals surface area (Å²) in [5.74, 6) is -1.33. The van der Waals surface area contributed by atoms with Crippen molar-refractivity contribution in [1.29, 1.82) is 0 Å². The summed E-state index contributed by atoms with van der Waals surface area (Å²) in [4.78, 5) is 17.8. The molecule has 6 nitrogen and oxygen atoms in total. The first-order valence-corrected chi connectivity index (χ1v) is 11.6. The van der Waals surface area contributed by atoms with Crippen molar-refractivity contribution in [2.24, 2.45) is 7.05 Å². The first kappa shape index (κ1) is 21.2. The Labute approximate surface area is 194 Å². The van der Waals surface area contributed by atoms with Crippen LogP contribution in [0.1, 0.15) is 55.0 Å². The molecule has 0 bridgehead atoms. The third-order valence-electron chi connectivity index (χ3n) is 6.90. The number of halogens is 2. The Morgan fingerprint density at radius 3 is 2.74 bits per heavy atom. The van der Waals surface area contributed by atoms with Crippen molar-refractivity contribution in [3.8, 4) is 11.3 Å². The first-order chi connectivity index (χ1) is 16.5. The molecule has 1 aliphatic heterocycles. The summed E-state index contributed by atoms with van der Waals surface area (Å²) in [6.45, 7) is 0.552. The Hall–Kier alpha value is -3.39. The second-order valence-corrected chi connectivity index (χ2v) is 9.28. The minimum atomic E-state index is -0.705. The van der Waals surface area contributed by atoms with Crippen molar-refractivity contribution in [2.75, 3.05) is 6.61 Å². The number of benzene rings is 1. The molecule has 4 aromatic rings. The zero-order valence-corrected chi connectivity index (χ0v) is 18.7. The molecule has 34 heavy (non-hydrogen) atoms. The van der Waals surface area contributed by atoms with E-state index >= 15 is 0 Å². The zero-order chi connectivity index (χ0) is 23.4. The van der Waals surface area contributed by atoms with Crippen LogP contribution < -0.4 is 5.56 Å². The number of hydrogen-bond acceptors (Lipinski definition) is 4. The maximum Gasteiger partial charge on any atom is 0.258 e. The molecule has 1 aromatic carbocycles. The van der Waals surface area contributed by atoms with Gasteiger partial charge in [-0.15, -0.1) is 0 Å². The Kier molecular flexibility index (Phi) is 5.06. The topological polar surface area (TPSA) is 61.9 Å². The van der Waals surface area contributed by atoms with Gasteiger partial charge < -0.3 is 9.30 Å². The molecule has 174 valence electrons. The third-order valence-corrected chi connectivity index (χ3v) is 6.90. The lowest BCUT2D eigenvalue weighted by atomic mass is 9.89. The van der Waals surface area contributed by atoms with Gasteiger partial charge in [-0.1, -0.05) is 0 Å². The van der Waals surface area contributed by atoms with Gasteiger partial charge in [0.15, 0.2) is 0 Å². The van der Waals surface area contributed by atoms with Crippen LogP contribution in [0.25, 0.3) is 22.0 Å². The molecule has 0 unspecified atom stereocenters. The number of aromatic nitrogens is 4. The molecule has 0 spiro atoms. The van der Waals surface area contributed by atoms with Gasteiger partial charge in [0, 0.05) is 60.2 Å². The van der Waals surface area contributed by atoms with Crippen LogP contribution >= 0.6 is 0 Å². The van der Waals surface area contributed by atoms with Gasteiger partial charge in [0.1, 0.15) is 11.6 Å². The lowest BCUT2D eigenvalue weighted by Crippen LogP contribution is -2.21. The predicted molar refractivity (Wildman–Crippen MR) is 124 cm³/mol.